The molecule has 20 heavy (non-hydrogen) atoms. The van der Waals surface area contributed by atoms with Crippen molar-refractivity contribution in [2.45, 2.75) is 18.9 Å². The Labute approximate surface area is 111 Å². The Morgan fingerprint density at radius 3 is 2.60 bits per heavy atom. The highest BCUT2D eigenvalue weighted by molar-refractivity contribution is 5.80. The third-order valence-corrected chi connectivity index (χ3v) is 3.30. The number of nitrogens with zero attached hydrogens (tertiary/aromatic N) is 1. The van der Waals surface area contributed by atoms with Crippen molar-refractivity contribution >= 4 is 11.6 Å². The van der Waals surface area contributed by atoms with Crippen molar-refractivity contribution in [3.63, 3.8) is 0 Å². The predicted octanol–water partition coefficient (Wildman–Crippen LogP) is 2.41. The molecular formula is C12H11F3N2O3. The Bertz CT molecular complexity index is 565. The van der Waals surface area contributed by atoms with Crippen molar-refractivity contribution in [3.05, 3.63) is 39.4 Å². The van der Waals surface area contributed by atoms with Gasteiger partial charge in [0.1, 0.15) is 6.67 Å². The fourth-order valence-corrected chi connectivity index (χ4v) is 2.20. The number of amides is 1. The van der Waals surface area contributed by atoms with E-state index in [4.69, 9.17) is 0 Å². The maximum Gasteiger partial charge on any atom is 0.272 e. The van der Waals surface area contributed by atoms with Crippen LogP contribution in [0.2, 0.25) is 0 Å². The van der Waals surface area contributed by atoms with E-state index in [9.17, 15) is 28.1 Å². The van der Waals surface area contributed by atoms with E-state index in [1.165, 1.54) is 0 Å². The highest BCUT2D eigenvalue weighted by Gasteiger charge is 2.31. The average molecular weight is 288 g/mol. The van der Waals surface area contributed by atoms with E-state index >= 15 is 0 Å². The lowest BCUT2D eigenvalue weighted by molar-refractivity contribution is -0.385. The van der Waals surface area contributed by atoms with Crippen molar-refractivity contribution in [2.75, 3.05) is 6.67 Å². The number of nitrogens with one attached hydrogen (secondary N) is 1. The first-order chi connectivity index (χ1) is 9.43. The van der Waals surface area contributed by atoms with E-state index in [1.807, 2.05) is 0 Å². The fraction of sp³-hybridized carbons (Fsp3) is 0.417. The molecule has 0 spiro atoms. The summed E-state index contributed by atoms with van der Waals surface area (Å²) in [7, 11) is 0. The summed E-state index contributed by atoms with van der Waals surface area (Å²) < 4.78 is 39.5. The van der Waals surface area contributed by atoms with Gasteiger partial charge in [0.15, 0.2) is 11.6 Å². The number of non-ortho nitro benzene ring substituents is 1. The zero-order valence-electron chi connectivity index (χ0n) is 10.2. The number of hydrogen-bond donors (Lipinski definition) is 1. The van der Waals surface area contributed by atoms with Gasteiger partial charge in [-0.25, -0.2) is 8.78 Å². The third kappa shape index (κ3) is 2.59. The largest absolute Gasteiger partial charge is 0.349 e. The molecule has 1 N–H and O–H groups in total. The molecule has 8 heteroatoms. The molecule has 0 aliphatic carbocycles. The van der Waals surface area contributed by atoms with Gasteiger partial charge in [-0.2, -0.15) is 0 Å². The molecule has 0 bridgehead atoms. The van der Waals surface area contributed by atoms with Gasteiger partial charge in [0.05, 0.1) is 22.9 Å². The van der Waals surface area contributed by atoms with Crippen LogP contribution in [-0.2, 0) is 4.79 Å². The zero-order chi connectivity index (χ0) is 14.9. The lowest BCUT2D eigenvalue weighted by atomic mass is 9.90. The Hall–Kier alpha value is -2.12. The second-order valence-electron chi connectivity index (χ2n) is 4.58. The molecule has 1 heterocycles. The predicted molar refractivity (Wildman–Crippen MR) is 62.6 cm³/mol. The number of carbonyl (C=O) groups excluding carboxylic acids is 1. The number of hydrogen-bond acceptors (Lipinski definition) is 3. The quantitative estimate of drug-likeness (QED) is 0.685. The molecule has 1 aliphatic rings. The molecule has 0 radical (unpaired) electrons. The number of alkyl halides is 1. The van der Waals surface area contributed by atoms with Crippen LogP contribution in [0.15, 0.2) is 12.1 Å². The summed E-state index contributed by atoms with van der Waals surface area (Å²) in [6.45, 7) is -0.829. The Kier molecular flexibility index (Phi) is 3.91. The summed E-state index contributed by atoms with van der Waals surface area (Å²) in [6, 6.07) is 0.479. The number of rotatable bonds is 3. The molecule has 108 valence electrons. The first-order valence-corrected chi connectivity index (χ1v) is 5.93. The summed E-state index contributed by atoms with van der Waals surface area (Å²) in [4.78, 5) is 21.3. The van der Waals surface area contributed by atoms with E-state index in [0.717, 1.165) is 6.07 Å². The monoisotopic (exact) mass is 288 g/mol. The normalized spacial score (nSPS) is 22.4. The van der Waals surface area contributed by atoms with Gasteiger partial charge in [-0.3, -0.25) is 19.3 Å². The first-order valence-electron chi connectivity index (χ1n) is 5.93. The maximum atomic E-state index is 13.7. The molecule has 5 nitrogen and oxygen atoms in total. The summed E-state index contributed by atoms with van der Waals surface area (Å²) in [5.41, 5.74) is -0.886. The molecule has 1 aliphatic heterocycles. The number of carbonyl (C=O) groups is 1. The number of nitro benzene ring substituents is 1. The Balaban J connectivity index is 2.33. The summed E-state index contributed by atoms with van der Waals surface area (Å²) >= 11 is 0. The number of piperidine rings is 1. The van der Waals surface area contributed by atoms with Gasteiger partial charge in [-0.15, -0.1) is 0 Å². The van der Waals surface area contributed by atoms with Gasteiger partial charge in [-0.05, 0) is 12.8 Å². The van der Waals surface area contributed by atoms with Gasteiger partial charge in [0.2, 0.25) is 5.91 Å². The summed E-state index contributed by atoms with van der Waals surface area (Å²) in [6.07, 6.45) is 0.370. The van der Waals surface area contributed by atoms with E-state index in [0.29, 0.717) is 6.07 Å². The van der Waals surface area contributed by atoms with Crippen LogP contribution < -0.4 is 5.32 Å². The maximum absolute atomic E-state index is 13.7. The zero-order valence-corrected chi connectivity index (χ0v) is 10.2. The minimum Gasteiger partial charge on any atom is -0.349 e. The molecule has 2 rings (SSSR count). The number of nitro groups is 1. The minimum atomic E-state index is -1.35. The van der Waals surface area contributed by atoms with Crippen LogP contribution >= 0.6 is 0 Å². The topological polar surface area (TPSA) is 72.2 Å². The fourth-order valence-electron chi connectivity index (χ4n) is 2.20. The van der Waals surface area contributed by atoms with Crippen LogP contribution in [0.3, 0.4) is 0 Å². The van der Waals surface area contributed by atoms with Crippen molar-refractivity contribution in [3.8, 4) is 0 Å². The molecule has 2 atom stereocenters. The van der Waals surface area contributed by atoms with Gasteiger partial charge in [-0.1, -0.05) is 0 Å². The van der Waals surface area contributed by atoms with Crippen LogP contribution in [0.4, 0.5) is 18.9 Å². The molecule has 1 saturated heterocycles. The summed E-state index contributed by atoms with van der Waals surface area (Å²) in [5.74, 6) is -4.00. The molecule has 1 amide bonds. The lowest BCUT2D eigenvalue weighted by Crippen LogP contribution is -2.40. The second-order valence-corrected chi connectivity index (χ2v) is 4.58. The van der Waals surface area contributed by atoms with Crippen molar-refractivity contribution in [2.24, 2.45) is 5.92 Å². The van der Waals surface area contributed by atoms with Crippen molar-refractivity contribution in [1.82, 2.24) is 5.32 Å². The van der Waals surface area contributed by atoms with Gasteiger partial charge in [0.25, 0.3) is 5.69 Å². The SMILES string of the molecule is O=C1NC(c2cc([N+](=O)[O-])cc(F)c2F)CCC1CF. The van der Waals surface area contributed by atoms with Gasteiger partial charge < -0.3 is 5.32 Å². The van der Waals surface area contributed by atoms with E-state index in [-0.39, 0.29) is 18.4 Å². The number of benzene rings is 1. The highest BCUT2D eigenvalue weighted by Crippen LogP contribution is 2.31. The molecule has 2 unspecified atom stereocenters. The van der Waals surface area contributed by atoms with Gasteiger partial charge in [0, 0.05) is 11.6 Å². The summed E-state index contributed by atoms with van der Waals surface area (Å²) in [5, 5.41) is 13.0. The standard InChI is InChI=1S/C12H11F3N2O3/c13-5-6-1-2-10(16-12(6)18)8-3-7(17(19)20)4-9(14)11(8)15/h3-4,6,10H,1-2,5H2,(H,16,18). The Morgan fingerprint density at radius 2 is 2.05 bits per heavy atom. The highest BCUT2D eigenvalue weighted by atomic mass is 19.2. The molecule has 0 saturated carbocycles. The number of halogens is 3. The molecule has 1 aromatic carbocycles. The van der Waals surface area contributed by atoms with Gasteiger partial charge >= 0.3 is 0 Å². The Morgan fingerprint density at radius 1 is 1.35 bits per heavy atom. The minimum absolute atomic E-state index is 0.177. The van der Waals surface area contributed by atoms with Crippen LogP contribution in [0, 0.1) is 27.7 Å². The molecular weight excluding hydrogens is 277 g/mol. The van der Waals surface area contributed by atoms with Crippen molar-refractivity contribution < 1.29 is 22.9 Å². The van der Waals surface area contributed by atoms with Crippen molar-refractivity contribution in [1.29, 1.82) is 0 Å². The van der Waals surface area contributed by atoms with Crippen LogP contribution in [-0.4, -0.2) is 17.5 Å². The molecule has 1 fully saturated rings. The van der Waals surface area contributed by atoms with Crippen LogP contribution in [0.1, 0.15) is 24.4 Å². The lowest BCUT2D eigenvalue weighted by Gasteiger charge is -2.28. The van der Waals surface area contributed by atoms with E-state index in [2.05, 4.69) is 5.32 Å². The molecule has 0 aromatic heterocycles. The van der Waals surface area contributed by atoms with Crippen LogP contribution in [0.25, 0.3) is 0 Å². The second kappa shape index (κ2) is 5.48. The van der Waals surface area contributed by atoms with E-state index < -0.39 is 46.8 Å². The smallest absolute Gasteiger partial charge is 0.272 e. The third-order valence-electron chi connectivity index (χ3n) is 3.30. The molecule has 1 aromatic rings. The van der Waals surface area contributed by atoms with E-state index in [1.54, 1.807) is 0 Å². The average Bonchev–Trinajstić information content (AvgIpc) is 2.41. The first kappa shape index (κ1) is 14.3. The van der Waals surface area contributed by atoms with Crippen LogP contribution in [0.5, 0.6) is 0 Å².